The molecule has 1 saturated heterocycles. The van der Waals surface area contributed by atoms with E-state index in [1.54, 1.807) is 25.4 Å². The zero-order valence-corrected chi connectivity index (χ0v) is 15.2. The fraction of sp³-hybridized carbons (Fsp3) is 0.476. The van der Waals surface area contributed by atoms with E-state index >= 15 is 0 Å². The van der Waals surface area contributed by atoms with Crippen molar-refractivity contribution in [3.63, 3.8) is 0 Å². The van der Waals surface area contributed by atoms with Crippen LogP contribution in [0.4, 0.5) is 0 Å². The monoisotopic (exact) mass is 354 g/mol. The van der Waals surface area contributed by atoms with Crippen molar-refractivity contribution in [1.29, 1.82) is 0 Å². The number of hydrogen-bond acceptors (Lipinski definition) is 5. The van der Waals surface area contributed by atoms with Gasteiger partial charge < -0.3 is 19.5 Å². The highest BCUT2D eigenvalue weighted by atomic mass is 16.5. The normalized spacial score (nSPS) is 25.2. The fourth-order valence-corrected chi connectivity index (χ4v) is 4.37. The third kappa shape index (κ3) is 3.78. The fourth-order valence-electron chi connectivity index (χ4n) is 4.37. The number of aromatic nitrogens is 1. The summed E-state index contributed by atoms with van der Waals surface area (Å²) in [5.41, 5.74) is 1.28. The lowest BCUT2D eigenvalue weighted by molar-refractivity contribution is 0.177. The van der Waals surface area contributed by atoms with Crippen LogP contribution >= 0.6 is 0 Å². The predicted molar refractivity (Wildman–Crippen MR) is 99.7 cm³/mol. The molecule has 0 unspecified atom stereocenters. The van der Waals surface area contributed by atoms with Crippen LogP contribution in [0.25, 0.3) is 0 Å². The second-order valence-electron chi connectivity index (χ2n) is 7.42. The molecule has 0 amide bonds. The summed E-state index contributed by atoms with van der Waals surface area (Å²) >= 11 is 0. The number of phenols is 1. The highest BCUT2D eigenvalue weighted by Crippen LogP contribution is 2.40. The predicted octanol–water partition coefficient (Wildman–Crippen LogP) is 3.13. The van der Waals surface area contributed by atoms with Gasteiger partial charge in [-0.25, -0.2) is 4.98 Å². The number of methoxy groups -OCH3 is 1. The van der Waals surface area contributed by atoms with Crippen molar-refractivity contribution in [3.8, 4) is 17.4 Å². The molecule has 0 bridgehead atoms. The summed E-state index contributed by atoms with van der Waals surface area (Å²) in [6.07, 6.45) is 5.24. The van der Waals surface area contributed by atoms with Crippen molar-refractivity contribution >= 4 is 0 Å². The summed E-state index contributed by atoms with van der Waals surface area (Å²) < 4.78 is 11.5. The summed E-state index contributed by atoms with van der Waals surface area (Å²) in [6, 6.07) is 11.4. The molecule has 2 heterocycles. The summed E-state index contributed by atoms with van der Waals surface area (Å²) in [7, 11) is 1.63. The van der Waals surface area contributed by atoms with Crippen LogP contribution in [0.3, 0.4) is 0 Å². The standard InChI is InChI=1S/C21H26N2O3/c1-25-21-20(3-2-9-22-21)26-19-11-16-13-23(14-17(16)12-19)10-8-15-4-6-18(24)7-5-15/h2-7,9,16-17,19,24H,8,10-14H2,1H3/t16-,17+,19+. The maximum absolute atomic E-state index is 9.37. The third-order valence-corrected chi connectivity index (χ3v) is 5.66. The van der Waals surface area contributed by atoms with Crippen LogP contribution in [0.15, 0.2) is 42.6 Å². The molecule has 138 valence electrons. The van der Waals surface area contributed by atoms with Crippen molar-refractivity contribution in [2.45, 2.75) is 25.4 Å². The molecule has 0 radical (unpaired) electrons. The average Bonchev–Trinajstić information content (AvgIpc) is 3.20. The Hall–Kier alpha value is -2.27. The molecule has 26 heavy (non-hydrogen) atoms. The van der Waals surface area contributed by atoms with Crippen molar-refractivity contribution in [3.05, 3.63) is 48.2 Å². The van der Waals surface area contributed by atoms with Gasteiger partial charge in [0.15, 0.2) is 5.75 Å². The van der Waals surface area contributed by atoms with Crippen molar-refractivity contribution in [2.24, 2.45) is 11.8 Å². The van der Waals surface area contributed by atoms with Gasteiger partial charge in [-0.3, -0.25) is 0 Å². The molecular formula is C21H26N2O3. The van der Waals surface area contributed by atoms with Crippen LogP contribution in [0.2, 0.25) is 0 Å². The Labute approximate surface area is 154 Å². The number of ether oxygens (including phenoxy) is 2. The van der Waals surface area contributed by atoms with Gasteiger partial charge in [-0.05, 0) is 60.9 Å². The minimum Gasteiger partial charge on any atom is -0.508 e. The SMILES string of the molecule is COc1ncccc1O[C@H]1C[C@@H]2CN(CCc3ccc(O)cc3)C[C@@H]2C1. The van der Waals surface area contributed by atoms with Crippen LogP contribution in [0, 0.1) is 11.8 Å². The van der Waals surface area contributed by atoms with Gasteiger partial charge in [0.1, 0.15) is 5.75 Å². The van der Waals surface area contributed by atoms with Crippen LogP contribution in [-0.2, 0) is 6.42 Å². The molecule has 1 aliphatic heterocycles. The van der Waals surface area contributed by atoms with E-state index in [0.29, 0.717) is 11.6 Å². The Morgan fingerprint density at radius 2 is 1.85 bits per heavy atom. The Balaban J connectivity index is 1.27. The lowest BCUT2D eigenvalue weighted by Crippen LogP contribution is -2.26. The van der Waals surface area contributed by atoms with E-state index in [1.165, 1.54) is 5.56 Å². The number of benzene rings is 1. The summed E-state index contributed by atoms with van der Waals surface area (Å²) in [4.78, 5) is 6.78. The van der Waals surface area contributed by atoms with E-state index in [4.69, 9.17) is 9.47 Å². The summed E-state index contributed by atoms with van der Waals surface area (Å²) in [6.45, 7) is 3.40. The van der Waals surface area contributed by atoms with Gasteiger partial charge in [-0.15, -0.1) is 0 Å². The number of likely N-dealkylation sites (tertiary alicyclic amines) is 1. The van der Waals surface area contributed by atoms with Crippen LogP contribution < -0.4 is 9.47 Å². The average molecular weight is 354 g/mol. The van der Waals surface area contributed by atoms with E-state index in [9.17, 15) is 5.11 Å². The Kier molecular flexibility index (Phi) is 4.98. The first-order valence-corrected chi connectivity index (χ1v) is 9.37. The second kappa shape index (κ2) is 7.54. The number of phenolic OH excluding ortho intramolecular Hbond substituents is 1. The number of hydrogen-bond donors (Lipinski definition) is 1. The molecule has 2 aliphatic rings. The lowest BCUT2D eigenvalue weighted by atomic mass is 10.0. The molecule has 2 fully saturated rings. The first-order chi connectivity index (χ1) is 12.7. The molecule has 1 aromatic heterocycles. The topological polar surface area (TPSA) is 54.8 Å². The molecule has 0 spiro atoms. The van der Waals surface area contributed by atoms with Gasteiger partial charge in [-0.1, -0.05) is 12.1 Å². The minimum absolute atomic E-state index is 0.266. The van der Waals surface area contributed by atoms with Gasteiger partial charge in [-0.2, -0.15) is 0 Å². The lowest BCUT2D eigenvalue weighted by Gasteiger charge is -2.20. The van der Waals surface area contributed by atoms with E-state index < -0.39 is 0 Å². The van der Waals surface area contributed by atoms with Gasteiger partial charge >= 0.3 is 0 Å². The first-order valence-electron chi connectivity index (χ1n) is 9.37. The molecule has 3 atom stereocenters. The minimum atomic E-state index is 0.266. The number of fused-ring (bicyclic) bond motifs is 1. The number of nitrogens with zero attached hydrogens (tertiary/aromatic N) is 2. The van der Waals surface area contributed by atoms with E-state index in [-0.39, 0.29) is 6.10 Å². The van der Waals surface area contributed by atoms with Crippen molar-refractivity contribution in [2.75, 3.05) is 26.7 Å². The summed E-state index contributed by atoms with van der Waals surface area (Å²) in [5.74, 6) is 3.11. The van der Waals surface area contributed by atoms with E-state index in [2.05, 4.69) is 9.88 Å². The van der Waals surface area contributed by atoms with Crippen molar-refractivity contribution in [1.82, 2.24) is 9.88 Å². The van der Waals surface area contributed by atoms with Gasteiger partial charge in [0.25, 0.3) is 5.88 Å². The zero-order chi connectivity index (χ0) is 17.9. The van der Waals surface area contributed by atoms with Gasteiger partial charge in [0, 0.05) is 25.8 Å². The molecule has 1 aromatic carbocycles. The Morgan fingerprint density at radius 3 is 2.54 bits per heavy atom. The quantitative estimate of drug-likeness (QED) is 0.864. The third-order valence-electron chi connectivity index (χ3n) is 5.66. The van der Waals surface area contributed by atoms with Crippen LogP contribution in [-0.4, -0.2) is 47.8 Å². The largest absolute Gasteiger partial charge is 0.508 e. The zero-order valence-electron chi connectivity index (χ0n) is 15.2. The van der Waals surface area contributed by atoms with Crippen LogP contribution in [0.5, 0.6) is 17.4 Å². The second-order valence-corrected chi connectivity index (χ2v) is 7.42. The molecule has 1 aliphatic carbocycles. The highest BCUT2D eigenvalue weighted by Gasteiger charge is 2.41. The number of pyridine rings is 1. The molecule has 5 heteroatoms. The summed E-state index contributed by atoms with van der Waals surface area (Å²) in [5, 5.41) is 9.37. The Bertz CT molecular complexity index is 720. The number of aromatic hydroxyl groups is 1. The molecule has 1 N–H and O–H groups in total. The smallest absolute Gasteiger partial charge is 0.256 e. The van der Waals surface area contributed by atoms with Gasteiger partial charge in [0.05, 0.1) is 13.2 Å². The Morgan fingerprint density at radius 1 is 1.12 bits per heavy atom. The molecule has 1 saturated carbocycles. The maximum Gasteiger partial charge on any atom is 0.256 e. The highest BCUT2D eigenvalue weighted by molar-refractivity contribution is 5.32. The molecule has 4 rings (SSSR count). The van der Waals surface area contributed by atoms with Crippen molar-refractivity contribution < 1.29 is 14.6 Å². The van der Waals surface area contributed by atoms with Crippen LogP contribution in [0.1, 0.15) is 18.4 Å². The number of rotatable bonds is 6. The molecule has 2 aromatic rings. The maximum atomic E-state index is 9.37. The van der Waals surface area contributed by atoms with E-state index in [0.717, 1.165) is 56.5 Å². The molecule has 5 nitrogen and oxygen atoms in total. The molecular weight excluding hydrogens is 328 g/mol. The first kappa shape index (κ1) is 17.2. The van der Waals surface area contributed by atoms with Gasteiger partial charge in [0.2, 0.25) is 0 Å². The van der Waals surface area contributed by atoms with E-state index in [1.807, 2.05) is 24.3 Å².